The molecule has 9 aromatic carbocycles. The zero-order valence-electron chi connectivity index (χ0n) is 35.5. The highest BCUT2D eigenvalue weighted by Crippen LogP contribution is 2.39. The van der Waals surface area contributed by atoms with E-state index >= 15 is 0 Å². The molecule has 0 bridgehead atoms. The molecule has 0 fully saturated rings. The van der Waals surface area contributed by atoms with Gasteiger partial charge in [-0.1, -0.05) is 170 Å². The third kappa shape index (κ3) is 6.32. The molecule has 4 heterocycles. The standard InChI is InChI=1S/C59H37N7/c1-3-18-39(19-4-1)56-60-50(37-51(61-56)59-63-57(40-20-5-2-6-21-40)62-58(64-59)42-32-31-38-17-7-8-22-41(38)33-42)43-34-44(65-52-27-13-9-23-46(52)47-24-10-14-28-53(47)65)36-45(35-43)66-54-29-15-11-25-48(54)49-26-12-16-30-55(49)66/h1-37H. The van der Waals surface area contributed by atoms with Crippen molar-refractivity contribution >= 4 is 54.4 Å². The van der Waals surface area contributed by atoms with Gasteiger partial charge in [0.15, 0.2) is 23.3 Å². The van der Waals surface area contributed by atoms with E-state index in [0.29, 0.717) is 29.0 Å². The van der Waals surface area contributed by atoms with Gasteiger partial charge in [0.2, 0.25) is 0 Å². The summed E-state index contributed by atoms with van der Waals surface area (Å²) in [5, 5.41) is 7.03. The summed E-state index contributed by atoms with van der Waals surface area (Å²) in [5.41, 5.74) is 11.4. The van der Waals surface area contributed by atoms with E-state index in [1.54, 1.807) is 0 Å². The summed E-state index contributed by atoms with van der Waals surface area (Å²) in [7, 11) is 0. The lowest BCUT2D eigenvalue weighted by molar-refractivity contribution is 1.05. The van der Waals surface area contributed by atoms with Crippen molar-refractivity contribution < 1.29 is 0 Å². The average Bonchev–Trinajstić information content (AvgIpc) is 3.92. The molecule has 0 aliphatic rings. The maximum atomic E-state index is 5.39. The predicted octanol–water partition coefficient (Wildman–Crippen LogP) is 14.3. The molecule has 0 N–H and O–H groups in total. The Labute approximate surface area is 379 Å². The minimum Gasteiger partial charge on any atom is -0.309 e. The normalized spacial score (nSPS) is 11.6. The summed E-state index contributed by atoms with van der Waals surface area (Å²) in [5.74, 6) is 2.15. The van der Waals surface area contributed by atoms with E-state index in [1.165, 1.54) is 21.5 Å². The van der Waals surface area contributed by atoms with Crippen LogP contribution in [0.5, 0.6) is 0 Å². The van der Waals surface area contributed by atoms with Crippen molar-refractivity contribution in [1.82, 2.24) is 34.1 Å². The van der Waals surface area contributed by atoms with Crippen LogP contribution in [0.1, 0.15) is 0 Å². The molecule has 0 unspecified atom stereocenters. The molecule has 0 atom stereocenters. The number of para-hydroxylation sites is 4. The molecule has 0 amide bonds. The van der Waals surface area contributed by atoms with E-state index < -0.39 is 0 Å². The first kappa shape index (κ1) is 37.5. The number of nitrogens with zero attached hydrogens (tertiary/aromatic N) is 7. The Bertz CT molecular complexity index is 3760. The fraction of sp³-hybridized carbons (Fsp3) is 0. The maximum absolute atomic E-state index is 5.39. The molecule has 7 nitrogen and oxygen atoms in total. The van der Waals surface area contributed by atoms with Crippen molar-refractivity contribution in [2.24, 2.45) is 0 Å². The fourth-order valence-corrected chi connectivity index (χ4v) is 9.49. The first-order chi connectivity index (χ1) is 32.7. The number of aromatic nitrogens is 7. The van der Waals surface area contributed by atoms with Crippen LogP contribution in [0.4, 0.5) is 0 Å². The van der Waals surface area contributed by atoms with E-state index in [1.807, 2.05) is 66.7 Å². The fourth-order valence-electron chi connectivity index (χ4n) is 9.49. The molecule has 66 heavy (non-hydrogen) atoms. The molecular weight excluding hydrogens is 807 g/mol. The molecule has 0 spiro atoms. The summed E-state index contributed by atoms with van der Waals surface area (Å²) >= 11 is 0. The van der Waals surface area contributed by atoms with Crippen molar-refractivity contribution in [3.8, 4) is 68.3 Å². The van der Waals surface area contributed by atoms with Gasteiger partial charge >= 0.3 is 0 Å². The highest BCUT2D eigenvalue weighted by molar-refractivity contribution is 6.10. The molecule has 0 saturated heterocycles. The van der Waals surface area contributed by atoms with Crippen molar-refractivity contribution in [3.05, 3.63) is 224 Å². The van der Waals surface area contributed by atoms with E-state index in [4.69, 9.17) is 24.9 Å². The molecular formula is C59H37N7. The Morgan fingerprint density at radius 2 is 0.652 bits per heavy atom. The SMILES string of the molecule is c1ccc(-c2nc(-c3cc(-n4c5ccccc5c5ccccc54)cc(-n4c5ccccc5c5ccccc54)c3)cc(-c3nc(-c4ccccc4)nc(-c4ccc5ccccc5c4)n3)n2)cc1. The van der Waals surface area contributed by atoms with Crippen molar-refractivity contribution in [2.45, 2.75) is 0 Å². The van der Waals surface area contributed by atoms with Crippen LogP contribution in [0.2, 0.25) is 0 Å². The lowest BCUT2D eigenvalue weighted by Gasteiger charge is -2.16. The van der Waals surface area contributed by atoms with Gasteiger partial charge in [0, 0.05) is 55.2 Å². The number of fused-ring (bicyclic) bond motifs is 7. The lowest BCUT2D eigenvalue weighted by atomic mass is 10.1. The summed E-state index contributed by atoms with van der Waals surface area (Å²) in [6.45, 7) is 0. The van der Waals surface area contributed by atoms with Crippen LogP contribution < -0.4 is 0 Å². The molecule has 308 valence electrons. The van der Waals surface area contributed by atoms with Gasteiger partial charge in [-0.2, -0.15) is 0 Å². The highest BCUT2D eigenvalue weighted by Gasteiger charge is 2.21. The average molecular weight is 844 g/mol. The Morgan fingerprint density at radius 3 is 1.18 bits per heavy atom. The van der Waals surface area contributed by atoms with Gasteiger partial charge in [0.25, 0.3) is 0 Å². The molecule has 13 rings (SSSR count). The van der Waals surface area contributed by atoms with E-state index in [2.05, 4.69) is 167 Å². The van der Waals surface area contributed by atoms with Crippen LogP contribution in [0.15, 0.2) is 224 Å². The molecule has 13 aromatic rings. The quantitative estimate of drug-likeness (QED) is 0.160. The van der Waals surface area contributed by atoms with Gasteiger partial charge in [0.05, 0.1) is 27.8 Å². The molecule has 0 aliphatic carbocycles. The van der Waals surface area contributed by atoms with Gasteiger partial charge in [-0.25, -0.2) is 24.9 Å². The summed E-state index contributed by atoms with van der Waals surface area (Å²) in [4.78, 5) is 26.1. The third-order valence-corrected chi connectivity index (χ3v) is 12.5. The monoisotopic (exact) mass is 843 g/mol. The molecule has 7 heteroatoms. The zero-order chi connectivity index (χ0) is 43.6. The van der Waals surface area contributed by atoms with Crippen LogP contribution >= 0.6 is 0 Å². The maximum Gasteiger partial charge on any atom is 0.182 e. The smallest absolute Gasteiger partial charge is 0.182 e. The third-order valence-electron chi connectivity index (χ3n) is 12.5. The van der Waals surface area contributed by atoms with Crippen molar-refractivity contribution in [3.63, 3.8) is 0 Å². The zero-order valence-corrected chi connectivity index (χ0v) is 35.5. The number of rotatable bonds is 7. The van der Waals surface area contributed by atoms with Gasteiger partial charge in [0.1, 0.15) is 5.69 Å². The summed E-state index contributed by atoms with van der Waals surface area (Å²) in [6, 6.07) is 78.3. The molecule has 4 aromatic heterocycles. The Morgan fingerprint density at radius 1 is 0.242 bits per heavy atom. The van der Waals surface area contributed by atoms with Gasteiger partial charge < -0.3 is 9.13 Å². The number of hydrogen-bond donors (Lipinski definition) is 0. The van der Waals surface area contributed by atoms with Crippen LogP contribution in [0.3, 0.4) is 0 Å². The minimum absolute atomic E-state index is 0.453. The van der Waals surface area contributed by atoms with Crippen LogP contribution in [-0.4, -0.2) is 34.1 Å². The molecule has 0 aliphatic heterocycles. The first-order valence-electron chi connectivity index (χ1n) is 22.1. The lowest BCUT2D eigenvalue weighted by Crippen LogP contribution is -2.04. The van der Waals surface area contributed by atoms with E-state index in [0.717, 1.165) is 72.2 Å². The van der Waals surface area contributed by atoms with Gasteiger partial charge in [-0.15, -0.1) is 0 Å². The second-order valence-electron chi connectivity index (χ2n) is 16.5. The van der Waals surface area contributed by atoms with Gasteiger partial charge in [-0.3, -0.25) is 0 Å². The molecule has 0 radical (unpaired) electrons. The topological polar surface area (TPSA) is 74.3 Å². The largest absolute Gasteiger partial charge is 0.309 e. The van der Waals surface area contributed by atoms with E-state index in [-0.39, 0.29) is 0 Å². The Hall–Kier alpha value is -9.07. The number of hydrogen-bond acceptors (Lipinski definition) is 5. The van der Waals surface area contributed by atoms with Crippen LogP contribution in [0.25, 0.3) is 123 Å². The first-order valence-corrected chi connectivity index (χ1v) is 22.1. The van der Waals surface area contributed by atoms with Crippen molar-refractivity contribution in [2.75, 3.05) is 0 Å². The minimum atomic E-state index is 0.453. The van der Waals surface area contributed by atoms with E-state index in [9.17, 15) is 0 Å². The number of benzene rings is 9. The second kappa shape index (κ2) is 15.3. The van der Waals surface area contributed by atoms with Gasteiger partial charge in [-0.05, 0) is 65.4 Å². The summed E-state index contributed by atoms with van der Waals surface area (Å²) < 4.78 is 4.75. The van der Waals surface area contributed by atoms with Crippen LogP contribution in [0, 0.1) is 0 Å². The Kier molecular flexibility index (Phi) is 8.70. The highest BCUT2D eigenvalue weighted by atomic mass is 15.1. The predicted molar refractivity (Wildman–Crippen MR) is 269 cm³/mol. The molecule has 0 saturated carbocycles. The Balaban J connectivity index is 1.09. The van der Waals surface area contributed by atoms with Crippen LogP contribution in [-0.2, 0) is 0 Å². The second-order valence-corrected chi connectivity index (χ2v) is 16.5. The van der Waals surface area contributed by atoms with Crippen molar-refractivity contribution in [1.29, 1.82) is 0 Å². The summed E-state index contributed by atoms with van der Waals surface area (Å²) in [6.07, 6.45) is 0.